The van der Waals surface area contributed by atoms with Gasteiger partial charge in [0.2, 0.25) is 0 Å². The van der Waals surface area contributed by atoms with Gasteiger partial charge in [0.25, 0.3) is 0 Å². The molecule has 1 heterocycles. The molecule has 0 bridgehead atoms. The van der Waals surface area contributed by atoms with E-state index in [0.717, 1.165) is 11.3 Å². The van der Waals surface area contributed by atoms with E-state index in [1.54, 1.807) is 18.3 Å². The molecule has 0 atom stereocenters. The Balaban J connectivity index is 0.00000112. The van der Waals surface area contributed by atoms with Crippen molar-refractivity contribution >= 4 is 0 Å². The van der Waals surface area contributed by atoms with E-state index < -0.39 is 0 Å². The first-order valence-corrected chi connectivity index (χ1v) is 4.23. The minimum absolute atomic E-state index is 0. The van der Waals surface area contributed by atoms with Crippen molar-refractivity contribution in [2.45, 2.75) is 0 Å². The molecule has 3 heteroatoms. The summed E-state index contributed by atoms with van der Waals surface area (Å²) in [5, 5.41) is 8.61. The Morgan fingerprint density at radius 1 is 1.20 bits per heavy atom. The van der Waals surface area contributed by atoms with Gasteiger partial charge in [-0.2, -0.15) is 0 Å². The van der Waals surface area contributed by atoms with Crippen LogP contribution >= 0.6 is 0 Å². The van der Waals surface area contributed by atoms with Crippen LogP contribution in [0.3, 0.4) is 0 Å². The van der Waals surface area contributed by atoms with Gasteiger partial charge in [0.1, 0.15) is 0 Å². The Labute approximate surface area is 102 Å². The first-order valence-electron chi connectivity index (χ1n) is 4.23. The van der Waals surface area contributed by atoms with Gasteiger partial charge in [0, 0.05) is 32.4 Å². The normalized spacial score (nSPS) is 8.73. The minimum atomic E-state index is 0. The molecule has 0 N–H and O–H groups in total. The summed E-state index contributed by atoms with van der Waals surface area (Å²) in [5.74, 6) is 0. The van der Waals surface area contributed by atoms with Gasteiger partial charge in [-0.3, -0.25) is 0 Å². The summed E-state index contributed by atoms with van der Waals surface area (Å²) in [5.41, 5.74) is 2.39. The van der Waals surface area contributed by atoms with Crippen molar-refractivity contribution in [1.29, 1.82) is 5.26 Å². The molecule has 0 saturated carbocycles. The zero-order valence-electron chi connectivity index (χ0n) is 7.77. The van der Waals surface area contributed by atoms with E-state index >= 15 is 0 Å². The third-order valence-corrected chi connectivity index (χ3v) is 1.88. The third-order valence-electron chi connectivity index (χ3n) is 1.88. The molecule has 0 saturated heterocycles. The molecule has 0 amide bonds. The molecule has 0 spiro atoms. The van der Waals surface area contributed by atoms with Crippen LogP contribution in [0.15, 0.2) is 42.6 Å². The van der Waals surface area contributed by atoms with E-state index in [1.165, 1.54) is 0 Å². The number of nitriles is 1. The zero-order chi connectivity index (χ0) is 9.80. The van der Waals surface area contributed by atoms with Crippen molar-refractivity contribution in [2.24, 2.45) is 0 Å². The number of aromatic nitrogens is 1. The van der Waals surface area contributed by atoms with Crippen LogP contribution in [0.4, 0.5) is 0 Å². The number of nitrogens with zero attached hydrogens (tertiary/aromatic N) is 2. The van der Waals surface area contributed by atoms with E-state index in [0.29, 0.717) is 5.56 Å². The maximum atomic E-state index is 8.61. The Morgan fingerprint density at radius 2 is 2.07 bits per heavy atom. The first-order chi connectivity index (χ1) is 6.90. The van der Waals surface area contributed by atoms with Gasteiger partial charge >= 0.3 is 0 Å². The number of hydrogen-bond acceptors (Lipinski definition) is 2. The molecule has 2 nitrogen and oxygen atoms in total. The second kappa shape index (κ2) is 5.41. The molecule has 0 aliphatic heterocycles. The summed E-state index contributed by atoms with van der Waals surface area (Å²) in [6, 6.07) is 16.1. The third kappa shape index (κ3) is 2.73. The predicted octanol–water partition coefficient (Wildman–Crippen LogP) is 2.42. The van der Waals surface area contributed by atoms with Crippen molar-refractivity contribution < 1.29 is 20.1 Å². The number of pyridine rings is 1. The Morgan fingerprint density at radius 3 is 2.60 bits per heavy atom. The van der Waals surface area contributed by atoms with Gasteiger partial charge in [-0.25, -0.2) is 5.26 Å². The number of benzene rings is 1. The van der Waals surface area contributed by atoms with Crippen LogP contribution in [0.5, 0.6) is 0 Å². The summed E-state index contributed by atoms with van der Waals surface area (Å²) in [4.78, 5) is 4.19. The summed E-state index contributed by atoms with van der Waals surface area (Å²) in [7, 11) is 0. The van der Waals surface area contributed by atoms with Crippen LogP contribution in [-0.4, -0.2) is 4.98 Å². The molecule has 1 aromatic heterocycles. The molecule has 0 fully saturated rings. The maximum Gasteiger partial charge on any atom is 0.0476 e. The Bertz CT molecular complexity index is 457. The van der Waals surface area contributed by atoms with Crippen LogP contribution in [0.1, 0.15) is 5.56 Å². The van der Waals surface area contributed by atoms with E-state index in [9.17, 15) is 0 Å². The molecule has 1 radical (unpaired) electrons. The van der Waals surface area contributed by atoms with Gasteiger partial charge in [-0.1, -0.05) is 12.1 Å². The second-order valence-corrected chi connectivity index (χ2v) is 2.82. The van der Waals surface area contributed by atoms with Crippen molar-refractivity contribution in [3.8, 4) is 17.3 Å². The van der Waals surface area contributed by atoms with E-state index in [1.807, 2.05) is 24.3 Å². The monoisotopic (exact) mass is 372 g/mol. The van der Waals surface area contributed by atoms with Crippen LogP contribution < -0.4 is 0 Å². The summed E-state index contributed by atoms with van der Waals surface area (Å²) in [6.45, 7) is 0. The smallest absolute Gasteiger partial charge is 0.0476 e. The van der Waals surface area contributed by atoms with Crippen LogP contribution in [0.2, 0.25) is 0 Å². The molecule has 0 unspecified atom stereocenters. The SMILES string of the molecule is N#Cc1c[c-]c(-c2ccccn2)cc1.[Ir]. The predicted molar refractivity (Wildman–Crippen MR) is 53.2 cm³/mol. The zero-order valence-corrected chi connectivity index (χ0v) is 10.2. The van der Waals surface area contributed by atoms with Crippen molar-refractivity contribution in [2.75, 3.05) is 0 Å². The molecular formula is C12H7IrN2-. The summed E-state index contributed by atoms with van der Waals surface area (Å²) < 4.78 is 0. The number of rotatable bonds is 1. The standard InChI is InChI=1S/C12H7N2.Ir/c13-9-10-4-6-11(7-5-10)12-3-1-2-8-14-12;/h1-6,8H;/q-1;. The van der Waals surface area contributed by atoms with Gasteiger partial charge in [0.05, 0.1) is 0 Å². The van der Waals surface area contributed by atoms with Crippen LogP contribution in [0, 0.1) is 17.4 Å². The summed E-state index contributed by atoms with van der Waals surface area (Å²) >= 11 is 0. The average Bonchev–Trinajstić information content (AvgIpc) is 2.30. The van der Waals surface area contributed by atoms with Gasteiger partial charge in [-0.15, -0.1) is 29.8 Å². The van der Waals surface area contributed by atoms with E-state index in [-0.39, 0.29) is 20.1 Å². The molecule has 1 aromatic carbocycles. The van der Waals surface area contributed by atoms with Gasteiger partial charge < -0.3 is 4.98 Å². The molecule has 0 aliphatic rings. The molecule has 2 aromatic rings. The molecule has 0 aliphatic carbocycles. The fourth-order valence-electron chi connectivity index (χ4n) is 1.18. The number of hydrogen-bond donors (Lipinski definition) is 0. The van der Waals surface area contributed by atoms with Crippen molar-refractivity contribution in [3.63, 3.8) is 0 Å². The van der Waals surface area contributed by atoms with Crippen LogP contribution in [-0.2, 0) is 20.1 Å². The van der Waals surface area contributed by atoms with Gasteiger partial charge in [0.15, 0.2) is 0 Å². The average molecular weight is 371 g/mol. The second-order valence-electron chi connectivity index (χ2n) is 2.82. The van der Waals surface area contributed by atoms with Gasteiger partial charge in [-0.05, 0) is 17.3 Å². The maximum absolute atomic E-state index is 8.61. The fraction of sp³-hybridized carbons (Fsp3) is 0. The minimum Gasteiger partial charge on any atom is -0.305 e. The quantitative estimate of drug-likeness (QED) is 0.722. The fourth-order valence-corrected chi connectivity index (χ4v) is 1.18. The van der Waals surface area contributed by atoms with Crippen LogP contribution in [0.25, 0.3) is 11.3 Å². The van der Waals surface area contributed by atoms with Crippen molar-refractivity contribution in [3.05, 3.63) is 54.2 Å². The molecule has 15 heavy (non-hydrogen) atoms. The summed E-state index contributed by atoms with van der Waals surface area (Å²) in [6.07, 6.45) is 1.74. The molecular weight excluding hydrogens is 364 g/mol. The molecule has 75 valence electrons. The van der Waals surface area contributed by atoms with E-state index in [4.69, 9.17) is 5.26 Å². The first kappa shape index (κ1) is 11.6. The van der Waals surface area contributed by atoms with E-state index in [2.05, 4.69) is 17.1 Å². The molecule has 2 rings (SSSR count). The topological polar surface area (TPSA) is 36.7 Å². The Kier molecular flexibility index (Phi) is 4.17. The largest absolute Gasteiger partial charge is 0.305 e. The van der Waals surface area contributed by atoms with Crippen molar-refractivity contribution in [1.82, 2.24) is 4.98 Å². The Hall–Kier alpha value is -1.49.